The van der Waals surface area contributed by atoms with Gasteiger partial charge < -0.3 is 5.32 Å². The summed E-state index contributed by atoms with van der Waals surface area (Å²) >= 11 is 5.82. The molecule has 6 heteroatoms. The molecule has 1 aliphatic carbocycles. The maximum absolute atomic E-state index is 12.3. The first-order chi connectivity index (χ1) is 9.43. The van der Waals surface area contributed by atoms with Crippen LogP contribution in [-0.4, -0.2) is 16.4 Å². The predicted molar refractivity (Wildman–Crippen MR) is 77.1 cm³/mol. The molecule has 5 nitrogen and oxygen atoms in total. The number of hydrogen-bond acceptors (Lipinski definition) is 3. The molecule has 0 heterocycles. The summed E-state index contributed by atoms with van der Waals surface area (Å²) in [6, 6.07) is 4.40. The number of hydrogen-bond donors (Lipinski definition) is 1. The highest BCUT2D eigenvalue weighted by molar-refractivity contribution is 6.33. The van der Waals surface area contributed by atoms with E-state index in [1.807, 2.05) is 6.92 Å². The minimum atomic E-state index is -0.611. The van der Waals surface area contributed by atoms with Crippen molar-refractivity contribution < 1.29 is 9.72 Å². The van der Waals surface area contributed by atoms with Crippen LogP contribution < -0.4 is 5.32 Å². The molecule has 1 saturated carbocycles. The second-order valence-corrected chi connectivity index (χ2v) is 5.88. The Morgan fingerprint density at radius 2 is 2.00 bits per heavy atom. The molecular weight excluding hydrogens is 280 g/mol. The molecule has 0 saturated heterocycles. The molecule has 1 fully saturated rings. The minimum absolute atomic E-state index is 0.0172. The molecule has 0 radical (unpaired) electrons. The van der Waals surface area contributed by atoms with Gasteiger partial charge in [-0.25, -0.2) is 0 Å². The molecule has 20 heavy (non-hydrogen) atoms. The van der Waals surface area contributed by atoms with Gasteiger partial charge in [0.05, 0.1) is 4.92 Å². The third-order valence-electron chi connectivity index (χ3n) is 3.79. The molecule has 1 N–H and O–H groups in total. The fraction of sp³-hybridized carbons (Fsp3) is 0.500. The zero-order chi connectivity index (χ0) is 14.8. The summed E-state index contributed by atoms with van der Waals surface area (Å²) in [4.78, 5) is 22.8. The van der Waals surface area contributed by atoms with Gasteiger partial charge in [-0.3, -0.25) is 14.9 Å². The first kappa shape index (κ1) is 14.8. The second-order valence-electron chi connectivity index (χ2n) is 5.47. The molecule has 0 aromatic heterocycles. The number of nitro groups is 1. The van der Waals surface area contributed by atoms with E-state index in [2.05, 4.69) is 5.32 Å². The van der Waals surface area contributed by atoms with Crippen LogP contribution in [0.4, 0.5) is 5.69 Å². The van der Waals surface area contributed by atoms with Crippen molar-refractivity contribution in [3.05, 3.63) is 38.9 Å². The lowest BCUT2D eigenvalue weighted by Crippen LogP contribution is -2.47. The van der Waals surface area contributed by atoms with Crippen molar-refractivity contribution in [1.82, 2.24) is 5.32 Å². The highest BCUT2D eigenvalue weighted by atomic mass is 35.5. The Balaban J connectivity index is 2.25. The predicted octanol–water partition coefficient (Wildman–Crippen LogP) is 3.70. The topological polar surface area (TPSA) is 72.2 Å². The number of nitrogens with zero attached hydrogens (tertiary/aromatic N) is 1. The van der Waals surface area contributed by atoms with Crippen LogP contribution >= 0.6 is 11.6 Å². The van der Waals surface area contributed by atoms with Crippen molar-refractivity contribution in [2.45, 2.75) is 44.6 Å². The Kier molecular flexibility index (Phi) is 4.28. The van der Waals surface area contributed by atoms with Crippen molar-refractivity contribution >= 4 is 23.2 Å². The van der Waals surface area contributed by atoms with Gasteiger partial charge in [0.2, 0.25) is 0 Å². The first-order valence-corrected chi connectivity index (χ1v) is 7.06. The van der Waals surface area contributed by atoms with Gasteiger partial charge >= 0.3 is 5.69 Å². The van der Waals surface area contributed by atoms with Crippen LogP contribution in [-0.2, 0) is 0 Å². The average molecular weight is 297 g/mol. The van der Waals surface area contributed by atoms with Crippen molar-refractivity contribution in [3.8, 4) is 0 Å². The molecule has 1 amide bonds. The Bertz CT molecular complexity index is 539. The van der Waals surface area contributed by atoms with E-state index in [0.29, 0.717) is 0 Å². The molecule has 1 aliphatic rings. The van der Waals surface area contributed by atoms with Gasteiger partial charge in [-0.15, -0.1) is 0 Å². The Labute approximate surface area is 122 Å². The highest BCUT2D eigenvalue weighted by Gasteiger charge is 2.31. The van der Waals surface area contributed by atoms with Crippen molar-refractivity contribution in [1.29, 1.82) is 0 Å². The van der Waals surface area contributed by atoms with Crippen molar-refractivity contribution in [2.24, 2.45) is 0 Å². The number of carbonyl (C=O) groups is 1. The number of nitrogens with one attached hydrogen (secondary N) is 1. The van der Waals surface area contributed by atoms with Crippen LogP contribution in [0.5, 0.6) is 0 Å². The van der Waals surface area contributed by atoms with E-state index < -0.39 is 10.8 Å². The third-order valence-corrected chi connectivity index (χ3v) is 4.09. The van der Waals surface area contributed by atoms with E-state index in [0.717, 1.165) is 25.7 Å². The molecule has 0 spiro atoms. The molecule has 0 atom stereocenters. The first-order valence-electron chi connectivity index (χ1n) is 6.68. The number of halogens is 1. The summed E-state index contributed by atoms with van der Waals surface area (Å²) in [6.07, 6.45) is 5.09. The fourth-order valence-electron chi connectivity index (χ4n) is 2.68. The van der Waals surface area contributed by atoms with Gasteiger partial charge in [0, 0.05) is 5.54 Å². The van der Waals surface area contributed by atoms with E-state index >= 15 is 0 Å². The van der Waals surface area contributed by atoms with Gasteiger partial charge in [0.1, 0.15) is 10.6 Å². The lowest BCUT2D eigenvalue weighted by Gasteiger charge is -2.34. The number of nitro benzene ring substituents is 1. The third kappa shape index (κ3) is 3.10. The minimum Gasteiger partial charge on any atom is -0.347 e. The summed E-state index contributed by atoms with van der Waals surface area (Å²) in [7, 11) is 0. The molecule has 2 rings (SSSR count). The Morgan fingerprint density at radius 1 is 1.35 bits per heavy atom. The monoisotopic (exact) mass is 296 g/mol. The Hall–Kier alpha value is -1.62. The number of rotatable bonds is 3. The summed E-state index contributed by atoms with van der Waals surface area (Å²) in [5.74, 6) is -0.427. The molecular formula is C14H17ClN2O3. The van der Waals surface area contributed by atoms with Crippen molar-refractivity contribution in [2.75, 3.05) is 0 Å². The molecule has 1 aromatic rings. The van der Waals surface area contributed by atoms with Crippen LogP contribution in [0.2, 0.25) is 5.02 Å². The van der Waals surface area contributed by atoms with E-state index in [1.54, 1.807) is 6.07 Å². The van der Waals surface area contributed by atoms with E-state index in [1.165, 1.54) is 18.6 Å². The normalized spacial score (nSPS) is 17.5. The van der Waals surface area contributed by atoms with E-state index in [-0.39, 0.29) is 21.8 Å². The molecule has 1 aromatic carbocycles. The number of carbonyl (C=O) groups excluding carboxylic acids is 1. The molecule has 0 aliphatic heterocycles. The summed E-state index contributed by atoms with van der Waals surface area (Å²) in [5.41, 5.74) is -0.591. The van der Waals surface area contributed by atoms with Crippen LogP contribution in [0.25, 0.3) is 0 Å². The van der Waals surface area contributed by atoms with Crippen LogP contribution in [0.1, 0.15) is 49.4 Å². The maximum Gasteiger partial charge on any atom is 0.300 e. The quantitative estimate of drug-likeness (QED) is 0.683. The van der Waals surface area contributed by atoms with Gasteiger partial charge in [0.25, 0.3) is 5.91 Å². The number of benzene rings is 1. The SMILES string of the molecule is CC1(NC(=O)c2cccc(Cl)c2[N+](=O)[O-])CCCCC1. The zero-order valence-corrected chi connectivity index (χ0v) is 12.1. The number of amides is 1. The lowest BCUT2D eigenvalue weighted by atomic mass is 9.83. The van der Waals surface area contributed by atoms with E-state index in [9.17, 15) is 14.9 Å². The summed E-state index contributed by atoms with van der Waals surface area (Å²) in [6.45, 7) is 1.99. The second kappa shape index (κ2) is 5.79. The van der Waals surface area contributed by atoms with Gasteiger partial charge in [0.15, 0.2) is 0 Å². The zero-order valence-electron chi connectivity index (χ0n) is 11.3. The van der Waals surface area contributed by atoms with Gasteiger partial charge in [-0.05, 0) is 31.9 Å². The molecule has 0 unspecified atom stereocenters. The highest BCUT2D eigenvalue weighted by Crippen LogP contribution is 2.31. The van der Waals surface area contributed by atoms with Crippen molar-refractivity contribution in [3.63, 3.8) is 0 Å². The average Bonchev–Trinajstić information content (AvgIpc) is 2.38. The van der Waals surface area contributed by atoms with Gasteiger partial charge in [-0.1, -0.05) is 36.9 Å². The number of para-hydroxylation sites is 1. The van der Waals surface area contributed by atoms with Crippen LogP contribution in [0, 0.1) is 10.1 Å². The molecule has 0 bridgehead atoms. The summed E-state index contributed by atoms with van der Waals surface area (Å²) < 4.78 is 0. The molecule has 108 valence electrons. The standard InChI is InChI=1S/C14H17ClN2O3/c1-14(8-3-2-4-9-14)16-13(18)10-6-5-7-11(15)12(10)17(19)20/h5-7H,2-4,8-9H2,1H3,(H,16,18). The summed E-state index contributed by atoms with van der Waals surface area (Å²) in [5, 5.41) is 14.0. The van der Waals surface area contributed by atoms with Gasteiger partial charge in [-0.2, -0.15) is 0 Å². The lowest BCUT2D eigenvalue weighted by molar-refractivity contribution is -0.385. The fourth-order valence-corrected chi connectivity index (χ4v) is 2.93. The maximum atomic E-state index is 12.3. The smallest absolute Gasteiger partial charge is 0.300 e. The Morgan fingerprint density at radius 3 is 2.60 bits per heavy atom. The van der Waals surface area contributed by atoms with Crippen LogP contribution in [0.3, 0.4) is 0 Å². The van der Waals surface area contributed by atoms with E-state index in [4.69, 9.17) is 11.6 Å². The largest absolute Gasteiger partial charge is 0.347 e. The van der Waals surface area contributed by atoms with Crippen LogP contribution in [0.15, 0.2) is 18.2 Å².